The molecule has 2 amide bonds. The largest absolute Gasteiger partial charge is 0.333 e. The first-order valence-electron chi connectivity index (χ1n) is 8.70. The average molecular weight is 574 g/mol. The second kappa shape index (κ2) is 8.83. The van der Waals surface area contributed by atoms with E-state index in [9.17, 15) is 18.0 Å². The van der Waals surface area contributed by atoms with E-state index in [-0.39, 0.29) is 24.8 Å². The number of hydrogen-bond acceptors (Lipinski definition) is 6. The molecule has 0 atom stereocenters. The molecule has 0 bridgehead atoms. The number of carbonyl (C=O) groups excluding carboxylic acids is 1. The molecule has 4 rings (SSSR count). The highest BCUT2D eigenvalue weighted by molar-refractivity contribution is 9.10. The Bertz CT molecular complexity index is 1540. The zero-order valence-electron chi connectivity index (χ0n) is 15.7. The van der Waals surface area contributed by atoms with Crippen LogP contribution in [0.3, 0.4) is 0 Å². The molecule has 0 saturated carbocycles. The average Bonchev–Trinajstić information content (AvgIpc) is 3.16. The second-order valence-electron chi connectivity index (χ2n) is 6.37. The summed E-state index contributed by atoms with van der Waals surface area (Å²) < 4.78 is 28.5. The molecule has 4 aromatic rings. The summed E-state index contributed by atoms with van der Waals surface area (Å²) in [6, 6.07) is 11.3. The van der Waals surface area contributed by atoms with Crippen molar-refractivity contribution in [2.24, 2.45) is 0 Å². The molecule has 2 aromatic carbocycles. The summed E-state index contributed by atoms with van der Waals surface area (Å²) >= 11 is 16.2. The van der Waals surface area contributed by atoms with Gasteiger partial charge in [0.25, 0.3) is 15.6 Å². The highest BCUT2D eigenvalue weighted by atomic mass is 79.9. The number of halogens is 3. The number of thiophene rings is 1. The van der Waals surface area contributed by atoms with Crippen LogP contribution < -0.4 is 15.6 Å². The monoisotopic (exact) mass is 572 g/mol. The van der Waals surface area contributed by atoms with Crippen LogP contribution in [0.25, 0.3) is 16.6 Å². The quantitative estimate of drug-likeness (QED) is 0.356. The van der Waals surface area contributed by atoms with E-state index in [1.165, 1.54) is 41.2 Å². The predicted molar refractivity (Wildman–Crippen MR) is 129 cm³/mol. The number of nitrogens with zero attached hydrogens (tertiary/aromatic N) is 2. The first kappa shape index (κ1) is 22.7. The summed E-state index contributed by atoms with van der Waals surface area (Å²) in [5.74, 6) is 0. The molecule has 0 aliphatic heterocycles. The highest BCUT2D eigenvalue weighted by Crippen LogP contribution is 2.26. The van der Waals surface area contributed by atoms with Crippen LogP contribution in [0.1, 0.15) is 0 Å². The minimum absolute atomic E-state index is 0.0964. The van der Waals surface area contributed by atoms with Crippen LogP contribution in [0.5, 0.6) is 0 Å². The molecule has 8 nitrogen and oxygen atoms in total. The fraction of sp³-hybridized carbons (Fsp3) is 0. The normalized spacial score (nSPS) is 11.5. The van der Waals surface area contributed by atoms with Crippen molar-refractivity contribution in [1.82, 2.24) is 14.3 Å². The van der Waals surface area contributed by atoms with E-state index in [0.717, 1.165) is 15.8 Å². The zero-order chi connectivity index (χ0) is 23.0. The highest BCUT2D eigenvalue weighted by Gasteiger charge is 2.20. The van der Waals surface area contributed by atoms with Crippen molar-refractivity contribution in [1.29, 1.82) is 0 Å². The van der Waals surface area contributed by atoms with Crippen LogP contribution in [0.15, 0.2) is 68.3 Å². The van der Waals surface area contributed by atoms with E-state index >= 15 is 0 Å². The lowest BCUT2D eigenvalue weighted by atomic mass is 10.2. The van der Waals surface area contributed by atoms with Crippen LogP contribution >= 0.6 is 50.5 Å². The maximum atomic E-state index is 12.9. The maximum absolute atomic E-state index is 12.9. The molecule has 164 valence electrons. The maximum Gasteiger partial charge on any atom is 0.333 e. The number of hydrogen-bond donors (Lipinski definition) is 2. The summed E-state index contributed by atoms with van der Waals surface area (Å²) in [5, 5.41) is 2.94. The molecule has 0 saturated heterocycles. The van der Waals surface area contributed by atoms with Gasteiger partial charge in [0, 0.05) is 10.2 Å². The Balaban J connectivity index is 1.58. The van der Waals surface area contributed by atoms with E-state index in [1.54, 1.807) is 18.2 Å². The summed E-state index contributed by atoms with van der Waals surface area (Å²) in [5.41, 5.74) is 0.782. The van der Waals surface area contributed by atoms with Crippen molar-refractivity contribution in [3.05, 3.63) is 79.0 Å². The number of aromatic nitrogens is 2. The number of rotatable bonds is 4. The first-order valence-corrected chi connectivity index (χ1v) is 12.5. The lowest BCUT2D eigenvalue weighted by Gasteiger charge is -2.12. The van der Waals surface area contributed by atoms with Crippen LogP contribution in [0.2, 0.25) is 9.36 Å². The molecule has 0 aliphatic carbocycles. The number of fused-ring (bicyclic) bond motifs is 1. The van der Waals surface area contributed by atoms with Crippen molar-refractivity contribution in [3.63, 3.8) is 0 Å². The van der Waals surface area contributed by atoms with Gasteiger partial charge in [-0.05, 0) is 48.5 Å². The summed E-state index contributed by atoms with van der Waals surface area (Å²) in [4.78, 5) is 29.3. The van der Waals surface area contributed by atoms with Gasteiger partial charge in [-0.2, -0.15) is 0 Å². The third kappa shape index (κ3) is 4.66. The lowest BCUT2D eigenvalue weighted by Crippen LogP contribution is -2.33. The van der Waals surface area contributed by atoms with Crippen molar-refractivity contribution >= 4 is 83.1 Å². The van der Waals surface area contributed by atoms with Crippen LogP contribution in [0, 0.1) is 0 Å². The number of sulfonamides is 1. The number of urea groups is 1. The molecule has 0 fully saturated rings. The molecule has 13 heteroatoms. The second-order valence-corrected chi connectivity index (χ2v) is 11.3. The fourth-order valence-electron chi connectivity index (χ4n) is 2.82. The molecule has 0 radical (unpaired) electrons. The SMILES string of the molecule is O=C(Nc1ccc(-n2cnc3ccc(Br)cc3c2=O)c(Cl)c1)NS(=O)(=O)c1ccc(Cl)s1. The standard InChI is InChI=1S/C19H11BrCl2N4O4S2/c20-10-1-3-14-12(7-10)18(27)26(9-23-14)15-4-2-11(8-13(15)21)24-19(28)25-32(29,30)17-6-5-16(22)31-17/h1-9H,(H2,24,25,28). The molecule has 0 unspecified atom stereocenters. The Morgan fingerprint density at radius 2 is 1.88 bits per heavy atom. The van der Waals surface area contributed by atoms with Crippen molar-refractivity contribution < 1.29 is 13.2 Å². The van der Waals surface area contributed by atoms with Crippen molar-refractivity contribution in [3.8, 4) is 5.69 Å². The summed E-state index contributed by atoms with van der Waals surface area (Å²) in [6.07, 6.45) is 1.36. The van der Waals surface area contributed by atoms with Crippen LogP contribution in [-0.2, 0) is 10.0 Å². The van der Waals surface area contributed by atoms with Gasteiger partial charge in [-0.25, -0.2) is 22.9 Å². The van der Waals surface area contributed by atoms with E-state index in [0.29, 0.717) is 16.6 Å². The van der Waals surface area contributed by atoms with Gasteiger partial charge in [-0.3, -0.25) is 9.36 Å². The Morgan fingerprint density at radius 3 is 2.56 bits per heavy atom. The molecule has 32 heavy (non-hydrogen) atoms. The van der Waals surface area contributed by atoms with Gasteiger partial charge < -0.3 is 5.32 Å². The molecule has 2 aromatic heterocycles. The van der Waals surface area contributed by atoms with E-state index in [4.69, 9.17) is 23.2 Å². The lowest BCUT2D eigenvalue weighted by molar-refractivity contribution is 0.256. The van der Waals surface area contributed by atoms with E-state index in [2.05, 4.69) is 26.2 Å². The minimum atomic E-state index is -4.07. The Kier molecular flexibility index (Phi) is 6.28. The number of anilines is 1. The Labute approximate surface area is 204 Å². The van der Waals surface area contributed by atoms with Gasteiger partial charge in [-0.15, -0.1) is 11.3 Å². The molecule has 0 aliphatic rings. The number of nitrogens with one attached hydrogen (secondary N) is 2. The number of benzene rings is 2. The summed E-state index contributed by atoms with van der Waals surface area (Å²) in [6.45, 7) is 0. The molecule has 2 N–H and O–H groups in total. The Hall–Kier alpha value is -2.44. The van der Waals surface area contributed by atoms with Gasteiger partial charge >= 0.3 is 6.03 Å². The van der Waals surface area contributed by atoms with Gasteiger partial charge in [0.2, 0.25) is 0 Å². The van der Waals surface area contributed by atoms with Gasteiger partial charge in [0.1, 0.15) is 10.5 Å². The summed E-state index contributed by atoms with van der Waals surface area (Å²) in [7, 11) is -4.07. The van der Waals surface area contributed by atoms with Gasteiger partial charge in [-0.1, -0.05) is 39.1 Å². The Morgan fingerprint density at radius 1 is 1.09 bits per heavy atom. The van der Waals surface area contributed by atoms with Crippen LogP contribution in [-0.4, -0.2) is 24.0 Å². The predicted octanol–water partition coefficient (Wildman–Crippen LogP) is 5.03. The third-order valence-corrected chi connectivity index (χ3v) is 8.08. The smallest absolute Gasteiger partial charge is 0.307 e. The number of amides is 2. The van der Waals surface area contributed by atoms with Gasteiger partial charge in [0.05, 0.1) is 25.9 Å². The molecule has 0 spiro atoms. The minimum Gasteiger partial charge on any atom is -0.307 e. The molecular formula is C19H11BrCl2N4O4S2. The zero-order valence-corrected chi connectivity index (χ0v) is 20.4. The molecular weight excluding hydrogens is 563 g/mol. The first-order chi connectivity index (χ1) is 15.1. The number of carbonyl (C=O) groups is 1. The van der Waals surface area contributed by atoms with Crippen LogP contribution in [0.4, 0.5) is 10.5 Å². The molecule has 2 heterocycles. The fourth-order valence-corrected chi connectivity index (χ4v) is 5.84. The van der Waals surface area contributed by atoms with Crippen molar-refractivity contribution in [2.45, 2.75) is 4.21 Å². The topological polar surface area (TPSA) is 110 Å². The van der Waals surface area contributed by atoms with Gasteiger partial charge in [0.15, 0.2) is 0 Å². The third-order valence-electron chi connectivity index (χ3n) is 4.23. The van der Waals surface area contributed by atoms with E-state index < -0.39 is 16.1 Å². The van der Waals surface area contributed by atoms with E-state index in [1.807, 2.05) is 4.72 Å². The van der Waals surface area contributed by atoms with Crippen molar-refractivity contribution in [2.75, 3.05) is 5.32 Å².